The minimum absolute atomic E-state index is 0.00331. The Morgan fingerprint density at radius 3 is 2.55 bits per heavy atom. The number of hydrogen-bond acceptors (Lipinski definition) is 3. The van der Waals surface area contributed by atoms with Crippen molar-refractivity contribution in [3.05, 3.63) is 29.8 Å². The normalized spacial score (nSPS) is 23.0. The molecule has 0 bridgehead atoms. The lowest BCUT2D eigenvalue weighted by Gasteiger charge is -2.43. The van der Waals surface area contributed by atoms with Gasteiger partial charge >= 0.3 is 0 Å². The van der Waals surface area contributed by atoms with Crippen LogP contribution < -0.4 is 10.1 Å². The number of ether oxygens (including phenoxy) is 2. The van der Waals surface area contributed by atoms with Gasteiger partial charge in [0.1, 0.15) is 12.4 Å². The van der Waals surface area contributed by atoms with E-state index < -0.39 is 0 Å². The average molecular weight is 277 g/mol. The van der Waals surface area contributed by atoms with Crippen LogP contribution in [-0.2, 0) is 10.3 Å². The van der Waals surface area contributed by atoms with Gasteiger partial charge in [-0.15, -0.1) is 0 Å². The van der Waals surface area contributed by atoms with Crippen LogP contribution in [0.15, 0.2) is 24.3 Å². The first-order chi connectivity index (χ1) is 9.51. The van der Waals surface area contributed by atoms with Crippen LogP contribution in [0.1, 0.15) is 39.2 Å². The summed E-state index contributed by atoms with van der Waals surface area (Å²) in [5, 5.41) is 3.75. The third-order valence-electron chi connectivity index (χ3n) is 4.33. The van der Waals surface area contributed by atoms with Crippen LogP contribution in [0.25, 0.3) is 0 Å². The van der Waals surface area contributed by atoms with Crippen LogP contribution in [0.2, 0.25) is 0 Å². The van der Waals surface area contributed by atoms with E-state index in [9.17, 15) is 0 Å². The first-order valence-corrected chi connectivity index (χ1v) is 7.47. The molecule has 3 nitrogen and oxygen atoms in total. The van der Waals surface area contributed by atoms with E-state index in [-0.39, 0.29) is 11.0 Å². The maximum absolute atomic E-state index is 5.95. The lowest BCUT2D eigenvalue weighted by molar-refractivity contribution is 0.133. The van der Waals surface area contributed by atoms with Crippen molar-refractivity contribution >= 4 is 0 Å². The summed E-state index contributed by atoms with van der Waals surface area (Å²) in [6, 6.07) is 8.41. The SMILES string of the molecule is COCCOc1ccccc1C1(C(C)(C)C)CCCN1. The summed E-state index contributed by atoms with van der Waals surface area (Å²) in [7, 11) is 1.70. The lowest BCUT2D eigenvalue weighted by Crippen LogP contribution is -2.48. The Morgan fingerprint density at radius 2 is 1.95 bits per heavy atom. The fraction of sp³-hybridized carbons (Fsp3) is 0.647. The highest BCUT2D eigenvalue weighted by atomic mass is 16.5. The van der Waals surface area contributed by atoms with Crippen LogP contribution in [0.3, 0.4) is 0 Å². The summed E-state index contributed by atoms with van der Waals surface area (Å²) in [6.45, 7) is 9.19. The summed E-state index contributed by atoms with van der Waals surface area (Å²) < 4.78 is 11.0. The second-order valence-corrected chi connectivity index (χ2v) is 6.52. The predicted octanol–water partition coefficient (Wildman–Crippen LogP) is 3.34. The van der Waals surface area contributed by atoms with E-state index in [1.807, 2.05) is 6.07 Å². The molecule has 3 heteroatoms. The Kier molecular flexibility index (Phi) is 4.71. The van der Waals surface area contributed by atoms with Crippen molar-refractivity contribution in [3.8, 4) is 5.75 Å². The molecule has 0 amide bonds. The van der Waals surface area contributed by atoms with Crippen molar-refractivity contribution in [3.63, 3.8) is 0 Å². The Bertz CT molecular complexity index is 431. The molecule has 1 aliphatic heterocycles. The number of nitrogens with one attached hydrogen (secondary N) is 1. The van der Waals surface area contributed by atoms with Gasteiger partial charge in [-0.2, -0.15) is 0 Å². The van der Waals surface area contributed by atoms with Gasteiger partial charge in [0.05, 0.1) is 12.1 Å². The highest BCUT2D eigenvalue weighted by Gasteiger charge is 2.46. The van der Waals surface area contributed by atoms with Gasteiger partial charge in [0.25, 0.3) is 0 Å². The van der Waals surface area contributed by atoms with Gasteiger partial charge in [-0.1, -0.05) is 39.0 Å². The zero-order valence-electron chi connectivity index (χ0n) is 13.2. The summed E-state index contributed by atoms with van der Waals surface area (Å²) >= 11 is 0. The molecule has 0 spiro atoms. The van der Waals surface area contributed by atoms with E-state index >= 15 is 0 Å². The molecule has 1 N–H and O–H groups in total. The predicted molar refractivity (Wildman–Crippen MR) is 82.2 cm³/mol. The second-order valence-electron chi connectivity index (χ2n) is 6.52. The molecule has 1 atom stereocenters. The van der Waals surface area contributed by atoms with Crippen molar-refractivity contribution in [1.82, 2.24) is 5.32 Å². The largest absolute Gasteiger partial charge is 0.491 e. The summed E-state index contributed by atoms with van der Waals surface area (Å²) in [5.41, 5.74) is 1.42. The molecule has 1 aromatic carbocycles. The topological polar surface area (TPSA) is 30.5 Å². The number of benzene rings is 1. The van der Waals surface area contributed by atoms with Crippen molar-refractivity contribution < 1.29 is 9.47 Å². The number of methoxy groups -OCH3 is 1. The van der Waals surface area contributed by atoms with Crippen LogP contribution in [0.4, 0.5) is 0 Å². The van der Waals surface area contributed by atoms with E-state index in [1.165, 1.54) is 12.0 Å². The minimum atomic E-state index is -0.00331. The molecule has 1 fully saturated rings. The van der Waals surface area contributed by atoms with Crippen molar-refractivity contribution in [1.29, 1.82) is 0 Å². The van der Waals surface area contributed by atoms with Gasteiger partial charge < -0.3 is 14.8 Å². The Hall–Kier alpha value is -1.06. The number of para-hydroxylation sites is 1. The molecule has 20 heavy (non-hydrogen) atoms. The molecule has 112 valence electrons. The molecule has 1 unspecified atom stereocenters. The van der Waals surface area contributed by atoms with Gasteiger partial charge in [0.15, 0.2) is 0 Å². The maximum atomic E-state index is 5.95. The standard InChI is InChI=1S/C17H27NO2/c1-16(2,3)17(10-7-11-18-17)14-8-5-6-9-15(14)20-13-12-19-4/h5-6,8-9,18H,7,10-13H2,1-4H3. The second kappa shape index (κ2) is 6.15. The van der Waals surface area contributed by atoms with Crippen LogP contribution >= 0.6 is 0 Å². The quantitative estimate of drug-likeness (QED) is 0.837. The molecule has 2 rings (SSSR count). The molecule has 1 aromatic rings. The summed E-state index contributed by atoms with van der Waals surface area (Å²) in [5.74, 6) is 0.980. The van der Waals surface area contributed by atoms with E-state index in [2.05, 4.69) is 44.3 Å². The van der Waals surface area contributed by atoms with Gasteiger partial charge in [0.2, 0.25) is 0 Å². The smallest absolute Gasteiger partial charge is 0.124 e. The van der Waals surface area contributed by atoms with Gasteiger partial charge in [0, 0.05) is 12.7 Å². The van der Waals surface area contributed by atoms with E-state index in [1.54, 1.807) is 7.11 Å². The number of rotatable bonds is 5. The van der Waals surface area contributed by atoms with E-state index in [4.69, 9.17) is 9.47 Å². The highest BCUT2D eigenvalue weighted by molar-refractivity contribution is 5.41. The van der Waals surface area contributed by atoms with Crippen molar-refractivity contribution in [2.24, 2.45) is 5.41 Å². The zero-order valence-corrected chi connectivity index (χ0v) is 13.2. The van der Waals surface area contributed by atoms with Gasteiger partial charge in [-0.25, -0.2) is 0 Å². The fourth-order valence-corrected chi connectivity index (χ4v) is 3.20. The monoisotopic (exact) mass is 277 g/mol. The summed E-state index contributed by atoms with van der Waals surface area (Å²) in [4.78, 5) is 0. The molecule has 0 saturated carbocycles. The van der Waals surface area contributed by atoms with Crippen molar-refractivity contribution in [2.45, 2.75) is 39.2 Å². The fourth-order valence-electron chi connectivity index (χ4n) is 3.20. The molecule has 1 heterocycles. The molecule has 1 saturated heterocycles. The molecule has 0 aliphatic carbocycles. The Labute approximate surface area is 122 Å². The van der Waals surface area contributed by atoms with E-state index in [0.717, 1.165) is 18.7 Å². The Balaban J connectivity index is 2.34. The van der Waals surface area contributed by atoms with Crippen LogP contribution in [0.5, 0.6) is 5.75 Å². The average Bonchev–Trinajstić information content (AvgIpc) is 2.90. The molecule has 0 aromatic heterocycles. The molecule has 0 radical (unpaired) electrons. The molecular weight excluding hydrogens is 250 g/mol. The highest BCUT2D eigenvalue weighted by Crippen LogP contribution is 2.48. The van der Waals surface area contributed by atoms with Crippen LogP contribution in [-0.4, -0.2) is 26.9 Å². The molecule has 1 aliphatic rings. The zero-order chi connectivity index (χ0) is 14.6. The third kappa shape index (κ3) is 2.84. The first-order valence-electron chi connectivity index (χ1n) is 7.47. The van der Waals surface area contributed by atoms with Crippen molar-refractivity contribution in [2.75, 3.05) is 26.9 Å². The Morgan fingerprint density at radius 1 is 1.20 bits per heavy atom. The summed E-state index contributed by atoms with van der Waals surface area (Å²) in [6.07, 6.45) is 2.37. The minimum Gasteiger partial charge on any atom is -0.491 e. The maximum Gasteiger partial charge on any atom is 0.124 e. The van der Waals surface area contributed by atoms with Gasteiger partial charge in [-0.05, 0) is 30.9 Å². The lowest BCUT2D eigenvalue weighted by atomic mass is 9.68. The first kappa shape index (κ1) is 15.3. The van der Waals surface area contributed by atoms with Crippen LogP contribution in [0, 0.1) is 5.41 Å². The van der Waals surface area contributed by atoms with E-state index in [0.29, 0.717) is 13.2 Å². The number of hydrogen-bond donors (Lipinski definition) is 1. The third-order valence-corrected chi connectivity index (χ3v) is 4.33. The molecular formula is C17H27NO2. The van der Waals surface area contributed by atoms with Gasteiger partial charge in [-0.3, -0.25) is 0 Å².